The Hall–Kier alpha value is -3.20. The first-order chi connectivity index (χ1) is 20.3. The van der Waals surface area contributed by atoms with E-state index in [1.165, 1.54) is 17.5 Å². The van der Waals surface area contributed by atoms with E-state index in [-0.39, 0.29) is 19.0 Å². The summed E-state index contributed by atoms with van der Waals surface area (Å²) >= 11 is 1.21. The van der Waals surface area contributed by atoms with E-state index in [1.54, 1.807) is 30.7 Å². The van der Waals surface area contributed by atoms with E-state index >= 15 is 0 Å². The number of nitrogens with one attached hydrogen (secondary N) is 2. The largest absolute Gasteiger partial charge is 0.477 e. The zero-order valence-electron chi connectivity index (χ0n) is 23.9. The molecular weight excluding hydrogens is 578 g/mol. The van der Waals surface area contributed by atoms with Crippen LogP contribution in [0.1, 0.15) is 63.9 Å². The molecule has 0 aromatic carbocycles. The average Bonchev–Trinajstić information content (AvgIpc) is 3.57. The van der Waals surface area contributed by atoms with Crippen molar-refractivity contribution in [2.75, 3.05) is 44.2 Å². The summed E-state index contributed by atoms with van der Waals surface area (Å²) in [6.45, 7) is 8.11. The minimum atomic E-state index is -3.44. The monoisotopic (exact) mass is 619 g/mol. The van der Waals surface area contributed by atoms with Gasteiger partial charge in [-0.2, -0.15) is 0 Å². The van der Waals surface area contributed by atoms with Gasteiger partial charge < -0.3 is 19.7 Å². The van der Waals surface area contributed by atoms with E-state index in [9.17, 15) is 13.2 Å². The molecule has 1 aliphatic heterocycles. The zero-order chi connectivity index (χ0) is 29.5. The minimum Gasteiger partial charge on any atom is -0.477 e. The maximum atomic E-state index is 13.5. The highest BCUT2D eigenvalue weighted by molar-refractivity contribution is 7.93. The number of hydrogen-bond donors (Lipinski definition) is 2. The predicted molar refractivity (Wildman–Crippen MR) is 164 cm³/mol. The Morgan fingerprint density at radius 2 is 2.05 bits per heavy atom. The molecule has 3 aromatic rings. The Balaban J connectivity index is 0.00000264. The Bertz CT molecular complexity index is 1480. The number of anilines is 1. The lowest BCUT2D eigenvalue weighted by Gasteiger charge is -2.25. The van der Waals surface area contributed by atoms with Crippen molar-refractivity contribution >= 4 is 33.0 Å². The number of thiazole rings is 1. The van der Waals surface area contributed by atoms with Gasteiger partial charge in [0.1, 0.15) is 5.69 Å². The first kappa shape index (κ1) is 30.3. The van der Waals surface area contributed by atoms with Crippen molar-refractivity contribution < 1.29 is 25.5 Å². The van der Waals surface area contributed by atoms with Crippen molar-refractivity contribution in [1.29, 1.82) is 0 Å². The summed E-state index contributed by atoms with van der Waals surface area (Å²) in [7, 11) is -3.44. The van der Waals surface area contributed by atoms with Crippen LogP contribution in [0.3, 0.4) is 0 Å². The van der Waals surface area contributed by atoms with Gasteiger partial charge in [-0.3, -0.25) is 19.5 Å². The van der Waals surface area contributed by atoms with Crippen LogP contribution in [0.5, 0.6) is 5.88 Å². The second-order valence-electron chi connectivity index (χ2n) is 10.4. The lowest BCUT2D eigenvalue weighted by molar-refractivity contribution is 0.0924. The van der Waals surface area contributed by atoms with E-state index in [1.807, 2.05) is 13.8 Å². The van der Waals surface area contributed by atoms with E-state index in [4.69, 9.17) is 9.47 Å². The third-order valence-electron chi connectivity index (χ3n) is 7.21. The molecule has 2 N–H and O–H groups in total. The molecule has 42 heavy (non-hydrogen) atoms. The molecule has 1 amide bonds. The van der Waals surface area contributed by atoms with Crippen molar-refractivity contribution in [2.45, 2.75) is 50.8 Å². The molecule has 0 bridgehead atoms. The lowest BCUT2D eigenvalue weighted by Crippen LogP contribution is -2.37. The molecule has 1 saturated heterocycles. The Kier molecular flexibility index (Phi) is 9.98. The standard InChI is InChI=1S/C28H37N7O5S2.2H2/c1-3-39-12-9-19-8-11-35(17-19)18-24(22-13-20(7-10-30-22)34-42(37,38)21-5-6-21)33-27(36)28-31-15-25(41-28)23-14-29-16-26(32-23)40-4-2;;/h7,10,13-16,19,21,24H,3-6,8-9,11-12,17-18H2,1-2H3,(H,30,34)(H,33,36);2*1H/t19-,24-;;/m0../s1. The Morgan fingerprint density at radius 1 is 1.19 bits per heavy atom. The third-order valence-corrected chi connectivity index (χ3v) is 10.1. The summed E-state index contributed by atoms with van der Waals surface area (Å²) < 4.78 is 38.8. The molecular formula is C28H41N7O5S2. The minimum absolute atomic E-state index is 0. The Labute approximate surface area is 253 Å². The highest BCUT2D eigenvalue weighted by Crippen LogP contribution is 2.31. The fourth-order valence-corrected chi connectivity index (χ4v) is 7.06. The zero-order valence-corrected chi connectivity index (χ0v) is 25.5. The maximum absolute atomic E-state index is 13.5. The summed E-state index contributed by atoms with van der Waals surface area (Å²) in [5, 5.41) is 3.04. The van der Waals surface area contributed by atoms with Gasteiger partial charge >= 0.3 is 0 Å². The molecule has 0 unspecified atom stereocenters. The molecule has 5 rings (SSSR count). The number of rotatable bonds is 15. The smallest absolute Gasteiger partial charge is 0.280 e. The van der Waals surface area contributed by atoms with Crippen LogP contribution in [0.15, 0.2) is 36.9 Å². The summed E-state index contributed by atoms with van der Waals surface area (Å²) in [6.07, 6.45) is 9.70. The van der Waals surface area contributed by atoms with E-state index in [0.717, 1.165) is 32.5 Å². The van der Waals surface area contributed by atoms with Crippen molar-refractivity contribution in [3.05, 3.63) is 47.6 Å². The number of carbonyl (C=O) groups is 1. The summed E-state index contributed by atoms with van der Waals surface area (Å²) in [5.41, 5.74) is 1.58. The van der Waals surface area contributed by atoms with Crippen molar-refractivity contribution in [1.82, 2.24) is 30.2 Å². The van der Waals surface area contributed by atoms with Gasteiger partial charge in [0.05, 0.1) is 46.6 Å². The van der Waals surface area contributed by atoms with E-state index < -0.39 is 16.1 Å². The first-order valence-electron chi connectivity index (χ1n) is 14.3. The summed E-state index contributed by atoms with van der Waals surface area (Å²) in [6, 6.07) is 2.85. The fraction of sp³-hybridized carbons (Fsp3) is 0.536. The van der Waals surface area contributed by atoms with Crippen LogP contribution >= 0.6 is 11.3 Å². The number of ether oxygens (including phenoxy) is 2. The van der Waals surface area contributed by atoms with Gasteiger partial charge in [0.2, 0.25) is 15.9 Å². The highest BCUT2D eigenvalue weighted by Gasteiger charge is 2.36. The maximum Gasteiger partial charge on any atom is 0.280 e. The molecule has 230 valence electrons. The quantitative estimate of drug-likeness (QED) is 0.239. The van der Waals surface area contributed by atoms with Crippen LogP contribution in [0, 0.1) is 5.92 Å². The van der Waals surface area contributed by atoms with Crippen LogP contribution in [-0.2, 0) is 14.8 Å². The molecule has 4 heterocycles. The normalized spacial score (nSPS) is 18.1. The second-order valence-corrected chi connectivity index (χ2v) is 13.4. The molecule has 2 fully saturated rings. The van der Waals surface area contributed by atoms with Crippen molar-refractivity contribution in [2.24, 2.45) is 5.92 Å². The second kappa shape index (κ2) is 13.8. The lowest BCUT2D eigenvalue weighted by atomic mass is 10.1. The van der Waals surface area contributed by atoms with E-state index in [0.29, 0.717) is 66.4 Å². The highest BCUT2D eigenvalue weighted by atomic mass is 32.2. The van der Waals surface area contributed by atoms with Gasteiger partial charge in [-0.25, -0.2) is 18.4 Å². The molecule has 3 aromatic heterocycles. The molecule has 14 heteroatoms. The van der Waals surface area contributed by atoms with Gasteiger partial charge in [-0.1, -0.05) is 0 Å². The molecule has 0 radical (unpaired) electrons. The summed E-state index contributed by atoms with van der Waals surface area (Å²) in [5.74, 6) is 0.582. The number of likely N-dealkylation sites (tertiary alicyclic amines) is 1. The van der Waals surface area contributed by atoms with Crippen LogP contribution in [-0.4, -0.2) is 83.9 Å². The fourth-order valence-electron chi connectivity index (χ4n) is 4.91. The molecule has 1 saturated carbocycles. The number of amides is 1. The van der Waals surface area contributed by atoms with Crippen LogP contribution in [0.2, 0.25) is 0 Å². The van der Waals surface area contributed by atoms with Gasteiger partial charge in [0.15, 0.2) is 5.01 Å². The van der Waals surface area contributed by atoms with Crippen molar-refractivity contribution in [3.8, 4) is 16.5 Å². The van der Waals surface area contributed by atoms with E-state index in [2.05, 4.69) is 34.9 Å². The third kappa shape index (κ3) is 8.00. The number of pyridine rings is 1. The van der Waals surface area contributed by atoms with Gasteiger partial charge in [-0.15, -0.1) is 11.3 Å². The molecule has 1 aliphatic carbocycles. The molecule has 2 aliphatic rings. The number of aromatic nitrogens is 4. The molecule has 2 atom stereocenters. The number of carbonyl (C=O) groups excluding carboxylic acids is 1. The SMILES string of the molecule is CCOCC[C@@H]1CCN(C[C@H](NC(=O)c2ncc(-c3cncc(OCC)n3)s2)c2cc(NS(=O)(=O)C3CC3)ccn2)C1.[HH].[HH]. The molecule has 0 spiro atoms. The average molecular weight is 620 g/mol. The van der Waals surface area contributed by atoms with Gasteiger partial charge in [0, 0.05) is 41.6 Å². The van der Waals surface area contributed by atoms with Crippen LogP contribution in [0.25, 0.3) is 10.6 Å². The number of nitrogens with zero attached hydrogens (tertiary/aromatic N) is 5. The summed E-state index contributed by atoms with van der Waals surface area (Å²) in [4.78, 5) is 34.0. The number of hydrogen-bond acceptors (Lipinski definition) is 11. The van der Waals surface area contributed by atoms with Crippen molar-refractivity contribution in [3.63, 3.8) is 0 Å². The number of sulfonamides is 1. The van der Waals surface area contributed by atoms with Gasteiger partial charge in [-0.05, 0) is 64.1 Å². The Morgan fingerprint density at radius 3 is 2.83 bits per heavy atom. The van der Waals surface area contributed by atoms with Gasteiger partial charge in [0.25, 0.3) is 5.91 Å². The van der Waals surface area contributed by atoms with Crippen LogP contribution in [0.4, 0.5) is 5.69 Å². The molecule has 12 nitrogen and oxygen atoms in total. The first-order valence-corrected chi connectivity index (χ1v) is 16.7. The topological polar surface area (TPSA) is 149 Å². The predicted octanol–water partition coefficient (Wildman–Crippen LogP) is 4.01. The van der Waals surface area contributed by atoms with Crippen LogP contribution < -0.4 is 14.8 Å².